The number of hydrogen-bond acceptors (Lipinski definition) is 4. The first-order valence-corrected chi connectivity index (χ1v) is 9.53. The van der Waals surface area contributed by atoms with Crippen LogP contribution in [0.1, 0.15) is 44.1 Å². The van der Waals surface area contributed by atoms with E-state index in [-0.39, 0.29) is 12.5 Å². The van der Waals surface area contributed by atoms with E-state index in [9.17, 15) is 9.90 Å². The maximum atomic E-state index is 11.9. The zero-order valence-electron chi connectivity index (χ0n) is 15.4. The fraction of sp³-hybridized carbons (Fsp3) is 0.650. The molecule has 0 bridgehead atoms. The third-order valence-corrected chi connectivity index (χ3v) is 4.69. The number of benzene rings is 1. The van der Waals surface area contributed by atoms with Crippen molar-refractivity contribution in [2.24, 2.45) is 0 Å². The molecule has 0 saturated carbocycles. The van der Waals surface area contributed by atoms with Crippen LogP contribution in [-0.4, -0.2) is 54.8 Å². The number of likely N-dealkylation sites (tertiary alicyclic amines) is 1. The van der Waals surface area contributed by atoms with Crippen molar-refractivity contribution in [1.82, 2.24) is 10.2 Å². The smallest absolute Gasteiger partial charge is 0.252 e. The average molecular weight is 348 g/mol. The fourth-order valence-electron chi connectivity index (χ4n) is 3.11. The summed E-state index contributed by atoms with van der Waals surface area (Å²) in [5.74, 6) is 0.343. The number of aliphatic hydroxyl groups is 1. The lowest BCUT2D eigenvalue weighted by Gasteiger charge is -2.19. The molecule has 25 heavy (non-hydrogen) atoms. The van der Waals surface area contributed by atoms with Crippen LogP contribution in [0, 0.1) is 6.92 Å². The molecule has 1 heterocycles. The minimum Gasteiger partial charge on any atom is -0.490 e. The quantitative estimate of drug-likeness (QED) is 0.673. The molecule has 1 atom stereocenters. The van der Waals surface area contributed by atoms with Gasteiger partial charge in [-0.2, -0.15) is 0 Å². The van der Waals surface area contributed by atoms with Gasteiger partial charge < -0.3 is 20.1 Å². The summed E-state index contributed by atoms with van der Waals surface area (Å²) in [6, 6.07) is 7.57. The lowest BCUT2D eigenvalue weighted by Crippen LogP contribution is -2.39. The highest BCUT2D eigenvalue weighted by Crippen LogP contribution is 2.16. The molecule has 2 rings (SSSR count). The maximum absolute atomic E-state index is 11.9. The van der Waals surface area contributed by atoms with E-state index in [2.05, 4.69) is 10.2 Å². The molecule has 1 amide bonds. The second-order valence-corrected chi connectivity index (χ2v) is 6.85. The van der Waals surface area contributed by atoms with Crippen LogP contribution in [-0.2, 0) is 4.79 Å². The van der Waals surface area contributed by atoms with Gasteiger partial charge in [-0.25, -0.2) is 0 Å². The summed E-state index contributed by atoms with van der Waals surface area (Å²) in [5.41, 5.74) is 0.989. The van der Waals surface area contributed by atoms with E-state index in [0.29, 0.717) is 12.3 Å². The predicted molar refractivity (Wildman–Crippen MR) is 99.8 cm³/mol. The SMILES string of the molecule is Cc1ccccc1OCC(O)C(=O)NCCCCN1CCCCCC1. The Morgan fingerprint density at radius 3 is 2.64 bits per heavy atom. The van der Waals surface area contributed by atoms with Crippen molar-refractivity contribution in [2.45, 2.75) is 51.6 Å². The van der Waals surface area contributed by atoms with Crippen LogP contribution < -0.4 is 10.1 Å². The van der Waals surface area contributed by atoms with Crippen LogP contribution >= 0.6 is 0 Å². The van der Waals surface area contributed by atoms with Crippen LogP contribution in [0.3, 0.4) is 0 Å². The van der Waals surface area contributed by atoms with E-state index in [1.807, 2.05) is 31.2 Å². The number of carbonyl (C=O) groups excluding carboxylic acids is 1. The van der Waals surface area contributed by atoms with Crippen LogP contribution in [0.5, 0.6) is 5.75 Å². The molecule has 5 nitrogen and oxygen atoms in total. The summed E-state index contributed by atoms with van der Waals surface area (Å²) in [5, 5.41) is 12.7. The summed E-state index contributed by atoms with van der Waals surface area (Å²) in [4.78, 5) is 14.4. The van der Waals surface area contributed by atoms with Crippen molar-refractivity contribution >= 4 is 5.91 Å². The second-order valence-electron chi connectivity index (χ2n) is 6.85. The number of amides is 1. The molecular formula is C20H32N2O3. The summed E-state index contributed by atoms with van der Waals surface area (Å²) < 4.78 is 5.52. The molecule has 5 heteroatoms. The molecule has 1 unspecified atom stereocenters. The number of para-hydroxylation sites is 1. The van der Waals surface area contributed by atoms with Gasteiger partial charge in [-0.1, -0.05) is 31.0 Å². The van der Waals surface area contributed by atoms with Crippen LogP contribution in [0.25, 0.3) is 0 Å². The molecule has 1 aromatic carbocycles. The molecule has 140 valence electrons. The van der Waals surface area contributed by atoms with E-state index >= 15 is 0 Å². The number of ether oxygens (including phenoxy) is 1. The Balaban J connectivity index is 1.55. The molecule has 0 aliphatic carbocycles. The highest BCUT2D eigenvalue weighted by Gasteiger charge is 2.15. The highest BCUT2D eigenvalue weighted by atomic mass is 16.5. The Morgan fingerprint density at radius 2 is 1.92 bits per heavy atom. The Kier molecular flexibility index (Phi) is 8.77. The van der Waals surface area contributed by atoms with Gasteiger partial charge in [-0.15, -0.1) is 0 Å². The number of aryl methyl sites for hydroxylation is 1. The number of rotatable bonds is 9. The zero-order chi connectivity index (χ0) is 17.9. The van der Waals surface area contributed by atoms with Crippen molar-refractivity contribution in [2.75, 3.05) is 32.8 Å². The van der Waals surface area contributed by atoms with Crippen molar-refractivity contribution in [1.29, 1.82) is 0 Å². The van der Waals surface area contributed by atoms with Crippen molar-refractivity contribution < 1.29 is 14.6 Å². The van der Waals surface area contributed by atoms with E-state index in [4.69, 9.17) is 4.74 Å². The third-order valence-electron chi connectivity index (χ3n) is 4.69. The Bertz CT molecular complexity index is 513. The number of aliphatic hydroxyl groups excluding tert-OH is 1. The number of unbranched alkanes of at least 4 members (excludes halogenated alkanes) is 1. The maximum Gasteiger partial charge on any atom is 0.252 e. The van der Waals surface area contributed by atoms with Crippen molar-refractivity contribution in [3.8, 4) is 5.75 Å². The summed E-state index contributed by atoms with van der Waals surface area (Å²) in [6.45, 7) is 6.04. The minimum absolute atomic E-state index is 0.0233. The molecule has 0 aromatic heterocycles. The van der Waals surface area contributed by atoms with Gasteiger partial charge >= 0.3 is 0 Å². The molecule has 1 aliphatic rings. The largest absolute Gasteiger partial charge is 0.490 e. The summed E-state index contributed by atoms with van der Waals surface area (Å²) in [7, 11) is 0. The lowest BCUT2D eigenvalue weighted by molar-refractivity contribution is -0.130. The number of nitrogens with zero attached hydrogens (tertiary/aromatic N) is 1. The summed E-state index contributed by atoms with van der Waals surface area (Å²) in [6.07, 6.45) is 6.21. The Hall–Kier alpha value is -1.59. The van der Waals surface area contributed by atoms with Crippen LogP contribution in [0.2, 0.25) is 0 Å². The number of hydrogen-bond donors (Lipinski definition) is 2. The fourth-order valence-corrected chi connectivity index (χ4v) is 3.11. The van der Waals surface area contributed by atoms with Gasteiger partial charge in [-0.05, 0) is 63.9 Å². The number of carbonyl (C=O) groups is 1. The molecule has 1 aromatic rings. The van der Waals surface area contributed by atoms with Crippen molar-refractivity contribution in [3.05, 3.63) is 29.8 Å². The first-order chi connectivity index (χ1) is 12.2. The highest BCUT2D eigenvalue weighted by molar-refractivity contribution is 5.80. The van der Waals surface area contributed by atoms with Gasteiger partial charge in [0.1, 0.15) is 12.4 Å². The van der Waals surface area contributed by atoms with Gasteiger partial charge in [0.15, 0.2) is 6.10 Å². The Morgan fingerprint density at radius 1 is 1.20 bits per heavy atom. The van der Waals surface area contributed by atoms with Gasteiger partial charge in [0, 0.05) is 6.54 Å². The molecule has 1 aliphatic heterocycles. The van der Waals surface area contributed by atoms with Crippen molar-refractivity contribution in [3.63, 3.8) is 0 Å². The number of nitrogens with one attached hydrogen (secondary N) is 1. The normalized spacial score (nSPS) is 16.9. The van der Waals surface area contributed by atoms with Gasteiger partial charge in [0.05, 0.1) is 0 Å². The van der Waals surface area contributed by atoms with E-state index in [0.717, 1.165) is 24.9 Å². The average Bonchev–Trinajstić information content (AvgIpc) is 2.89. The molecular weight excluding hydrogens is 316 g/mol. The molecule has 0 radical (unpaired) electrons. The van der Waals surface area contributed by atoms with Gasteiger partial charge in [0.2, 0.25) is 0 Å². The third kappa shape index (κ3) is 7.45. The Labute approximate surface area is 151 Å². The lowest BCUT2D eigenvalue weighted by atomic mass is 10.2. The molecule has 0 spiro atoms. The topological polar surface area (TPSA) is 61.8 Å². The molecule has 1 fully saturated rings. The standard InChI is InChI=1S/C20H32N2O3/c1-17-10-4-5-11-19(17)25-16-18(23)20(24)21-12-6-9-15-22-13-7-2-3-8-14-22/h4-5,10-11,18,23H,2-3,6-9,12-16H2,1H3,(H,21,24). The van der Waals surface area contributed by atoms with E-state index in [1.54, 1.807) is 0 Å². The van der Waals surface area contributed by atoms with E-state index in [1.165, 1.54) is 38.8 Å². The monoisotopic (exact) mass is 348 g/mol. The first-order valence-electron chi connectivity index (χ1n) is 9.53. The summed E-state index contributed by atoms with van der Waals surface area (Å²) >= 11 is 0. The molecule has 1 saturated heterocycles. The predicted octanol–water partition coefficient (Wildman–Crippen LogP) is 2.51. The van der Waals surface area contributed by atoms with Crippen LogP contribution in [0.4, 0.5) is 0 Å². The van der Waals surface area contributed by atoms with Gasteiger partial charge in [-0.3, -0.25) is 4.79 Å². The molecule has 2 N–H and O–H groups in total. The van der Waals surface area contributed by atoms with Gasteiger partial charge in [0.25, 0.3) is 5.91 Å². The van der Waals surface area contributed by atoms with E-state index < -0.39 is 6.10 Å². The zero-order valence-corrected chi connectivity index (χ0v) is 15.4. The second kappa shape index (κ2) is 11.1. The van der Waals surface area contributed by atoms with Crippen LogP contribution in [0.15, 0.2) is 24.3 Å². The minimum atomic E-state index is -1.13. The first kappa shape index (κ1) is 19.7.